The highest BCUT2D eigenvalue weighted by molar-refractivity contribution is 5.92. The third-order valence-corrected chi connectivity index (χ3v) is 4.30. The van der Waals surface area contributed by atoms with E-state index in [1.807, 2.05) is 38.4 Å². The molecule has 0 saturated heterocycles. The van der Waals surface area contributed by atoms with Crippen LogP contribution in [0.25, 0.3) is 0 Å². The van der Waals surface area contributed by atoms with Crippen LogP contribution >= 0.6 is 0 Å². The first-order chi connectivity index (χ1) is 11.6. The molecule has 0 aliphatic heterocycles. The zero-order chi connectivity index (χ0) is 17.1. The summed E-state index contributed by atoms with van der Waals surface area (Å²) in [5.41, 5.74) is 1.43. The smallest absolute Gasteiger partial charge is 0.273 e. The van der Waals surface area contributed by atoms with Crippen LogP contribution in [0, 0.1) is 0 Å². The summed E-state index contributed by atoms with van der Waals surface area (Å²) in [7, 11) is 5.61. The first-order valence-electron chi connectivity index (χ1n) is 8.13. The van der Waals surface area contributed by atoms with Gasteiger partial charge >= 0.3 is 0 Å². The maximum atomic E-state index is 12.3. The van der Waals surface area contributed by atoms with Crippen molar-refractivity contribution >= 4 is 5.91 Å². The summed E-state index contributed by atoms with van der Waals surface area (Å²) < 4.78 is 10.5. The van der Waals surface area contributed by atoms with E-state index in [2.05, 4.69) is 15.4 Å². The van der Waals surface area contributed by atoms with Gasteiger partial charge in [0.2, 0.25) is 0 Å². The molecular formula is C18H23N3O3. The van der Waals surface area contributed by atoms with Crippen molar-refractivity contribution in [1.29, 1.82) is 0 Å². The third kappa shape index (κ3) is 3.76. The Bertz CT molecular complexity index is 707. The molecule has 6 heteroatoms. The Kier molecular flexibility index (Phi) is 4.85. The minimum Gasteiger partial charge on any atom is -0.497 e. The number of nitrogens with one attached hydrogen (secondary N) is 1. The molecule has 1 saturated carbocycles. The summed E-state index contributed by atoms with van der Waals surface area (Å²) >= 11 is 0. The zero-order valence-electron chi connectivity index (χ0n) is 14.3. The van der Waals surface area contributed by atoms with Gasteiger partial charge in [0.1, 0.15) is 11.5 Å². The lowest BCUT2D eigenvalue weighted by Crippen LogP contribution is -2.34. The predicted molar refractivity (Wildman–Crippen MR) is 90.2 cm³/mol. The number of hydrogen-bond donors (Lipinski definition) is 1. The average molecular weight is 329 g/mol. The number of amides is 1. The fourth-order valence-corrected chi connectivity index (χ4v) is 2.68. The van der Waals surface area contributed by atoms with Crippen LogP contribution in [-0.4, -0.2) is 43.7 Å². The van der Waals surface area contributed by atoms with Gasteiger partial charge in [0.25, 0.3) is 5.91 Å². The molecule has 24 heavy (non-hydrogen) atoms. The largest absolute Gasteiger partial charge is 0.497 e. The molecular weight excluding hydrogens is 306 g/mol. The SMILES string of the molecule is COc1cccc([C@@H](CNC(=O)c2cc(C3CC3)on2)N(C)C)c1. The highest BCUT2D eigenvalue weighted by Crippen LogP contribution is 2.40. The van der Waals surface area contributed by atoms with Gasteiger partial charge in [-0.1, -0.05) is 17.3 Å². The molecule has 1 aromatic carbocycles. The maximum absolute atomic E-state index is 12.3. The summed E-state index contributed by atoms with van der Waals surface area (Å²) in [5.74, 6) is 1.86. The zero-order valence-corrected chi connectivity index (χ0v) is 14.3. The Morgan fingerprint density at radius 3 is 2.88 bits per heavy atom. The van der Waals surface area contributed by atoms with Gasteiger partial charge < -0.3 is 19.5 Å². The Balaban J connectivity index is 1.65. The van der Waals surface area contributed by atoms with Gasteiger partial charge in [0.05, 0.1) is 13.2 Å². The van der Waals surface area contributed by atoms with Gasteiger partial charge in [-0.25, -0.2) is 0 Å². The Hall–Kier alpha value is -2.34. The number of benzene rings is 1. The molecule has 1 amide bonds. The molecule has 2 aromatic rings. The Labute approximate surface area is 141 Å². The van der Waals surface area contributed by atoms with Gasteiger partial charge in [0, 0.05) is 18.5 Å². The number of hydrogen-bond acceptors (Lipinski definition) is 5. The van der Waals surface area contributed by atoms with E-state index in [0.29, 0.717) is 18.2 Å². The van der Waals surface area contributed by atoms with Gasteiger partial charge in [0.15, 0.2) is 5.69 Å². The third-order valence-electron chi connectivity index (χ3n) is 4.30. The van der Waals surface area contributed by atoms with E-state index in [1.54, 1.807) is 13.2 Å². The van der Waals surface area contributed by atoms with Crippen molar-refractivity contribution in [3.8, 4) is 5.75 Å². The van der Waals surface area contributed by atoms with Gasteiger partial charge in [-0.3, -0.25) is 4.79 Å². The lowest BCUT2D eigenvalue weighted by Gasteiger charge is -2.25. The van der Waals surface area contributed by atoms with E-state index in [0.717, 1.165) is 29.9 Å². The highest BCUT2D eigenvalue weighted by atomic mass is 16.5. The molecule has 1 atom stereocenters. The van der Waals surface area contributed by atoms with Crippen molar-refractivity contribution in [1.82, 2.24) is 15.4 Å². The number of ether oxygens (including phenoxy) is 1. The normalized spacial score (nSPS) is 15.3. The molecule has 0 bridgehead atoms. The summed E-state index contributed by atoms with van der Waals surface area (Å²) in [6.07, 6.45) is 2.24. The molecule has 0 radical (unpaired) electrons. The van der Waals surface area contributed by atoms with Crippen molar-refractivity contribution in [2.75, 3.05) is 27.7 Å². The van der Waals surface area contributed by atoms with Crippen molar-refractivity contribution < 1.29 is 14.1 Å². The van der Waals surface area contributed by atoms with Crippen molar-refractivity contribution in [2.45, 2.75) is 24.8 Å². The van der Waals surface area contributed by atoms with Crippen LogP contribution in [0.5, 0.6) is 5.75 Å². The van der Waals surface area contributed by atoms with E-state index < -0.39 is 0 Å². The molecule has 1 heterocycles. The van der Waals surface area contributed by atoms with Crippen LogP contribution in [0.15, 0.2) is 34.9 Å². The summed E-state index contributed by atoms with van der Waals surface area (Å²) in [6, 6.07) is 9.66. The number of carbonyl (C=O) groups excluding carboxylic acids is 1. The minimum atomic E-state index is -0.208. The van der Waals surface area contributed by atoms with E-state index in [4.69, 9.17) is 9.26 Å². The van der Waals surface area contributed by atoms with E-state index in [9.17, 15) is 4.79 Å². The second-order valence-electron chi connectivity index (χ2n) is 6.35. The lowest BCUT2D eigenvalue weighted by atomic mass is 10.1. The van der Waals surface area contributed by atoms with E-state index >= 15 is 0 Å². The Morgan fingerprint density at radius 2 is 2.21 bits per heavy atom. The van der Waals surface area contributed by atoms with Gasteiger partial charge in [-0.15, -0.1) is 0 Å². The molecule has 3 rings (SSSR count). The van der Waals surface area contributed by atoms with Crippen molar-refractivity contribution in [2.24, 2.45) is 0 Å². The van der Waals surface area contributed by atoms with Crippen LogP contribution in [-0.2, 0) is 0 Å². The first kappa shape index (κ1) is 16.5. The molecule has 0 unspecified atom stereocenters. The predicted octanol–water partition coefficient (Wildman–Crippen LogP) is 2.59. The fraction of sp³-hybridized carbons (Fsp3) is 0.444. The van der Waals surface area contributed by atoms with Crippen molar-refractivity contribution in [3.63, 3.8) is 0 Å². The second-order valence-corrected chi connectivity index (χ2v) is 6.35. The highest BCUT2D eigenvalue weighted by Gasteiger charge is 2.29. The van der Waals surface area contributed by atoms with Crippen LogP contribution in [0.4, 0.5) is 0 Å². The number of likely N-dealkylation sites (N-methyl/N-ethyl adjacent to an activating group) is 1. The maximum Gasteiger partial charge on any atom is 0.273 e. The topological polar surface area (TPSA) is 67.6 Å². The van der Waals surface area contributed by atoms with Crippen LogP contribution in [0.2, 0.25) is 0 Å². The minimum absolute atomic E-state index is 0.0406. The van der Waals surface area contributed by atoms with Gasteiger partial charge in [-0.05, 0) is 44.6 Å². The van der Waals surface area contributed by atoms with Crippen molar-refractivity contribution in [3.05, 3.63) is 47.3 Å². The number of carbonyl (C=O) groups is 1. The molecule has 0 spiro atoms. The summed E-state index contributed by atoms with van der Waals surface area (Å²) in [5, 5.41) is 6.82. The lowest BCUT2D eigenvalue weighted by molar-refractivity contribution is 0.0932. The molecule has 1 aliphatic rings. The number of rotatable bonds is 7. The number of aromatic nitrogens is 1. The monoisotopic (exact) mass is 329 g/mol. The van der Waals surface area contributed by atoms with Crippen LogP contribution < -0.4 is 10.1 Å². The number of methoxy groups -OCH3 is 1. The molecule has 1 N–H and O–H groups in total. The molecule has 6 nitrogen and oxygen atoms in total. The van der Waals surface area contributed by atoms with Crippen LogP contribution in [0.3, 0.4) is 0 Å². The molecule has 1 aliphatic carbocycles. The fourth-order valence-electron chi connectivity index (χ4n) is 2.68. The molecule has 128 valence electrons. The quantitative estimate of drug-likeness (QED) is 0.846. The molecule has 1 fully saturated rings. The van der Waals surface area contributed by atoms with Gasteiger partial charge in [-0.2, -0.15) is 0 Å². The number of nitrogens with zero attached hydrogens (tertiary/aromatic N) is 2. The summed E-state index contributed by atoms with van der Waals surface area (Å²) in [4.78, 5) is 14.4. The van der Waals surface area contributed by atoms with E-state index in [1.165, 1.54) is 0 Å². The second kappa shape index (κ2) is 7.05. The molecule has 1 aromatic heterocycles. The standard InChI is InChI=1S/C18H23N3O3/c1-21(2)16(13-5-4-6-14(9-13)23-3)11-19-18(22)15-10-17(24-20-15)12-7-8-12/h4-6,9-10,12,16H,7-8,11H2,1-3H3,(H,19,22)/t16-/m1/s1. The Morgan fingerprint density at radius 1 is 1.42 bits per heavy atom. The van der Waals surface area contributed by atoms with Crippen LogP contribution in [0.1, 0.15) is 46.6 Å². The summed E-state index contributed by atoms with van der Waals surface area (Å²) in [6.45, 7) is 0.477. The average Bonchev–Trinajstić information content (AvgIpc) is 3.31. The van der Waals surface area contributed by atoms with E-state index in [-0.39, 0.29) is 11.9 Å². The first-order valence-corrected chi connectivity index (χ1v) is 8.13.